The monoisotopic (exact) mass is 283 g/mol. The van der Waals surface area contributed by atoms with Gasteiger partial charge in [0.25, 0.3) is 6.57 Å². The first-order valence-electron chi connectivity index (χ1n) is 5.73. The highest BCUT2D eigenvalue weighted by Crippen LogP contribution is 2.60. The molecule has 7 heteroatoms. The van der Waals surface area contributed by atoms with Gasteiger partial charge in [-0.25, -0.2) is 0 Å². The number of ether oxygens (including phenoxy) is 1. The van der Waals surface area contributed by atoms with Crippen LogP contribution >= 0.6 is 18.0 Å². The molecule has 0 saturated heterocycles. The maximum absolute atomic E-state index is 12.4. The summed E-state index contributed by atoms with van der Waals surface area (Å²) in [6.07, 6.45) is 0.199. The second kappa shape index (κ2) is 8.97. The molecule has 0 fully saturated rings. The maximum atomic E-state index is 12.4. The lowest BCUT2D eigenvalue weighted by atomic mass is 10.2. The van der Waals surface area contributed by atoms with E-state index in [4.69, 9.17) is 15.0 Å². The van der Waals surface area contributed by atoms with Crippen molar-refractivity contribution >= 4 is 23.9 Å². The summed E-state index contributed by atoms with van der Waals surface area (Å²) in [4.78, 5) is 11.5. The summed E-state index contributed by atoms with van der Waals surface area (Å²) in [6.45, 7) is 3.53. The lowest BCUT2D eigenvalue weighted by Crippen LogP contribution is -2.18. The minimum absolute atomic E-state index is 0.199. The smallest absolute Gasteiger partial charge is 0.309 e. The van der Waals surface area contributed by atoms with Gasteiger partial charge in [0.05, 0.1) is 19.1 Å². The number of rotatable bonds is 9. The lowest BCUT2D eigenvalue weighted by molar-refractivity contribution is -0.146. The van der Waals surface area contributed by atoms with E-state index in [1.54, 1.807) is 20.8 Å². The molecule has 5 nitrogen and oxygen atoms in total. The van der Waals surface area contributed by atoms with Gasteiger partial charge in [0.1, 0.15) is 0 Å². The second-order valence-electron chi connectivity index (χ2n) is 3.49. The maximum Gasteiger partial charge on any atom is 0.309 e. The van der Waals surface area contributed by atoms with Gasteiger partial charge in [-0.2, -0.15) is 0 Å². The molecule has 0 aromatic carbocycles. The Hall–Kier alpha value is -0.0300. The van der Waals surface area contributed by atoms with Crippen molar-refractivity contribution in [3.63, 3.8) is 0 Å². The molecule has 0 unspecified atom stereocenters. The Morgan fingerprint density at radius 1 is 1.41 bits per heavy atom. The number of carbonyl (C=O) groups is 1. The van der Waals surface area contributed by atoms with Crippen molar-refractivity contribution < 1.29 is 18.6 Å². The van der Waals surface area contributed by atoms with Gasteiger partial charge >= 0.3 is 5.97 Å². The number of nitrogens with two attached hydrogens (primary N) is 1. The van der Waals surface area contributed by atoms with Gasteiger partial charge in [0.15, 0.2) is 0 Å². The molecular formula is C10H22NO4PS. The molecule has 0 aliphatic rings. The normalized spacial score (nSPS) is 16.2. The van der Waals surface area contributed by atoms with Crippen LogP contribution in [-0.4, -0.2) is 37.6 Å². The van der Waals surface area contributed by atoms with Crippen LogP contribution in [0.1, 0.15) is 20.8 Å². The molecule has 0 heterocycles. The average Bonchev–Trinajstić information content (AvgIpc) is 2.27. The molecule has 0 spiro atoms. The SMILES string of the molecule is CCOC(=O)[C@H](C)C[P@](=O)(OCC)SCCN. The Morgan fingerprint density at radius 2 is 2.06 bits per heavy atom. The van der Waals surface area contributed by atoms with Crippen molar-refractivity contribution in [2.24, 2.45) is 11.7 Å². The van der Waals surface area contributed by atoms with Crippen LogP contribution in [-0.2, 0) is 18.6 Å². The van der Waals surface area contributed by atoms with Crippen LogP contribution in [0.5, 0.6) is 0 Å². The third-order valence-corrected chi connectivity index (χ3v) is 6.87. The Kier molecular flexibility index (Phi) is 8.96. The molecule has 0 bridgehead atoms. The lowest BCUT2D eigenvalue weighted by Gasteiger charge is -2.19. The fraction of sp³-hybridized carbons (Fsp3) is 0.900. The van der Waals surface area contributed by atoms with Crippen LogP contribution < -0.4 is 5.73 Å². The van der Waals surface area contributed by atoms with E-state index in [1.807, 2.05) is 0 Å². The van der Waals surface area contributed by atoms with Crippen LogP contribution in [0, 0.1) is 5.92 Å². The summed E-state index contributed by atoms with van der Waals surface area (Å²) in [5.74, 6) is -0.189. The molecule has 0 radical (unpaired) electrons. The molecule has 0 aliphatic heterocycles. The standard InChI is InChI=1S/C10H22NO4PS/c1-4-14-10(12)9(3)8-16(13,15-5-2)17-7-6-11/h9H,4-8,11H2,1-3H3/t9-,16+/m1/s1. The topological polar surface area (TPSA) is 78.6 Å². The zero-order chi connectivity index (χ0) is 13.3. The van der Waals surface area contributed by atoms with E-state index in [0.29, 0.717) is 25.5 Å². The molecular weight excluding hydrogens is 261 g/mol. The predicted molar refractivity (Wildman–Crippen MR) is 71.4 cm³/mol. The van der Waals surface area contributed by atoms with Crippen molar-refractivity contribution in [1.82, 2.24) is 0 Å². The molecule has 0 aromatic heterocycles. The van der Waals surface area contributed by atoms with Gasteiger partial charge in [-0.15, -0.1) is 0 Å². The van der Waals surface area contributed by atoms with Crippen molar-refractivity contribution in [3.05, 3.63) is 0 Å². The first kappa shape index (κ1) is 17.0. The van der Waals surface area contributed by atoms with E-state index in [0.717, 1.165) is 0 Å². The minimum Gasteiger partial charge on any atom is -0.466 e. The zero-order valence-electron chi connectivity index (χ0n) is 10.7. The first-order valence-corrected chi connectivity index (χ1v) is 9.14. The highest BCUT2D eigenvalue weighted by atomic mass is 32.7. The highest BCUT2D eigenvalue weighted by molar-refractivity contribution is 8.56. The van der Waals surface area contributed by atoms with Crippen LogP contribution in [0.25, 0.3) is 0 Å². The first-order chi connectivity index (χ1) is 7.99. The fourth-order valence-corrected chi connectivity index (χ4v) is 5.79. The van der Waals surface area contributed by atoms with Gasteiger partial charge in [-0.3, -0.25) is 9.36 Å². The Morgan fingerprint density at radius 3 is 2.53 bits per heavy atom. The van der Waals surface area contributed by atoms with E-state index in [1.165, 1.54) is 11.4 Å². The third kappa shape index (κ3) is 7.09. The van der Waals surface area contributed by atoms with E-state index in [2.05, 4.69) is 0 Å². The number of hydrogen-bond acceptors (Lipinski definition) is 6. The van der Waals surface area contributed by atoms with Crippen molar-refractivity contribution in [2.75, 3.05) is 31.7 Å². The summed E-state index contributed by atoms with van der Waals surface area (Å²) in [5.41, 5.74) is 5.38. The fourth-order valence-electron chi connectivity index (χ4n) is 1.23. The molecule has 2 N–H and O–H groups in total. The van der Waals surface area contributed by atoms with Gasteiger partial charge in [-0.1, -0.05) is 18.3 Å². The number of carbonyl (C=O) groups excluding carboxylic acids is 1. The van der Waals surface area contributed by atoms with Crippen molar-refractivity contribution in [3.8, 4) is 0 Å². The summed E-state index contributed by atoms with van der Waals surface area (Å²) in [6, 6.07) is 0. The summed E-state index contributed by atoms with van der Waals surface area (Å²) < 4.78 is 22.5. The predicted octanol–water partition coefficient (Wildman–Crippen LogP) is 2.11. The molecule has 17 heavy (non-hydrogen) atoms. The molecule has 0 aliphatic carbocycles. The summed E-state index contributed by atoms with van der Waals surface area (Å²) >= 11 is 1.21. The molecule has 0 amide bonds. The summed E-state index contributed by atoms with van der Waals surface area (Å²) in [5, 5.41) is 0. The van der Waals surface area contributed by atoms with Crippen molar-refractivity contribution in [2.45, 2.75) is 20.8 Å². The Labute approximate surface area is 107 Å². The quantitative estimate of drug-likeness (QED) is 0.516. The van der Waals surface area contributed by atoms with Gasteiger partial charge in [0, 0.05) is 18.5 Å². The second-order valence-corrected chi connectivity index (χ2v) is 8.44. The Bertz CT molecular complexity index is 275. The zero-order valence-corrected chi connectivity index (χ0v) is 12.4. The number of hydrogen-bond donors (Lipinski definition) is 1. The molecule has 0 rings (SSSR count). The van der Waals surface area contributed by atoms with Crippen molar-refractivity contribution in [1.29, 1.82) is 0 Å². The van der Waals surface area contributed by atoms with Gasteiger partial charge in [0.2, 0.25) is 0 Å². The molecule has 0 saturated carbocycles. The largest absolute Gasteiger partial charge is 0.466 e. The van der Waals surface area contributed by atoms with E-state index >= 15 is 0 Å². The van der Waals surface area contributed by atoms with Crippen LogP contribution in [0.15, 0.2) is 0 Å². The number of esters is 1. The Balaban J connectivity index is 4.41. The minimum atomic E-state index is -2.83. The summed E-state index contributed by atoms with van der Waals surface area (Å²) in [7, 11) is 0. The third-order valence-electron chi connectivity index (χ3n) is 1.92. The van der Waals surface area contributed by atoms with Gasteiger partial charge < -0.3 is 15.0 Å². The van der Waals surface area contributed by atoms with Crippen LogP contribution in [0.2, 0.25) is 0 Å². The van der Waals surface area contributed by atoms with Crippen LogP contribution in [0.4, 0.5) is 0 Å². The van der Waals surface area contributed by atoms with Gasteiger partial charge in [-0.05, 0) is 13.8 Å². The average molecular weight is 283 g/mol. The van der Waals surface area contributed by atoms with E-state index in [9.17, 15) is 9.36 Å². The molecule has 102 valence electrons. The molecule has 0 aromatic rings. The van der Waals surface area contributed by atoms with E-state index in [-0.39, 0.29) is 12.1 Å². The van der Waals surface area contributed by atoms with E-state index < -0.39 is 12.5 Å². The van der Waals surface area contributed by atoms with Crippen LogP contribution in [0.3, 0.4) is 0 Å². The highest BCUT2D eigenvalue weighted by Gasteiger charge is 2.29. The molecule has 2 atom stereocenters.